The van der Waals surface area contributed by atoms with Crippen LogP contribution in [0.4, 0.5) is 11.6 Å². The van der Waals surface area contributed by atoms with E-state index < -0.39 is 0 Å². The Morgan fingerprint density at radius 1 is 1.60 bits per heavy atom. The van der Waals surface area contributed by atoms with Gasteiger partial charge in [0.2, 0.25) is 5.82 Å². The van der Waals surface area contributed by atoms with Gasteiger partial charge in [0.25, 0.3) is 4.96 Å². The minimum atomic E-state index is -0.339. The third kappa shape index (κ3) is 2.25. The first kappa shape index (κ1) is 13.3. The number of anilines is 1. The summed E-state index contributed by atoms with van der Waals surface area (Å²) in [4.78, 5) is 18.2. The normalized spacial score (nSPS) is 19.6. The van der Waals surface area contributed by atoms with Crippen LogP contribution in [-0.2, 0) is 0 Å². The van der Waals surface area contributed by atoms with Crippen molar-refractivity contribution in [1.29, 1.82) is 0 Å². The van der Waals surface area contributed by atoms with Crippen LogP contribution < -0.4 is 10.6 Å². The largest absolute Gasteiger partial charge is 0.373 e. The number of nitrogens with zero attached hydrogens (tertiary/aromatic N) is 4. The Hall–Kier alpha value is -1.67. The molecule has 1 unspecified atom stereocenters. The molecule has 0 aromatic carbocycles. The van der Waals surface area contributed by atoms with Gasteiger partial charge >= 0.3 is 5.82 Å². The second-order valence-corrected chi connectivity index (χ2v) is 5.98. The zero-order valence-corrected chi connectivity index (χ0v) is 11.9. The van der Waals surface area contributed by atoms with Crippen LogP contribution in [0.15, 0.2) is 11.6 Å². The van der Waals surface area contributed by atoms with Gasteiger partial charge in [0.1, 0.15) is 6.20 Å². The maximum atomic E-state index is 11.3. The quantitative estimate of drug-likeness (QED) is 0.687. The molecule has 3 heterocycles. The molecule has 2 N–H and O–H groups in total. The van der Waals surface area contributed by atoms with Gasteiger partial charge in [0.05, 0.1) is 0 Å². The fourth-order valence-corrected chi connectivity index (χ4v) is 3.58. The second kappa shape index (κ2) is 5.37. The molecule has 108 valence electrons. The Bertz CT molecular complexity index is 620. The molecule has 2 aromatic heterocycles. The molecule has 0 bridgehead atoms. The summed E-state index contributed by atoms with van der Waals surface area (Å²) in [5.41, 5.74) is 5.62. The minimum absolute atomic E-state index is 0.0784. The number of nitrogens with two attached hydrogens (primary N) is 1. The van der Waals surface area contributed by atoms with Gasteiger partial charge in [0, 0.05) is 18.5 Å². The van der Waals surface area contributed by atoms with Crippen LogP contribution >= 0.6 is 11.3 Å². The standard InChI is InChI=1S/C12H17N5O2S/c13-4-3-9-2-1-5-15(8-9)10-11(17(18)19)16-6-7-20-12(16)14-10/h6-7,9H,1-5,8,13H2. The smallest absolute Gasteiger partial charge is 0.358 e. The molecule has 1 saturated heterocycles. The summed E-state index contributed by atoms with van der Waals surface area (Å²) >= 11 is 1.42. The van der Waals surface area contributed by atoms with Crippen LogP contribution in [-0.4, -0.2) is 33.9 Å². The highest BCUT2D eigenvalue weighted by Gasteiger charge is 2.30. The molecule has 0 aliphatic carbocycles. The summed E-state index contributed by atoms with van der Waals surface area (Å²) in [7, 11) is 0. The highest BCUT2D eigenvalue weighted by Crippen LogP contribution is 2.33. The summed E-state index contributed by atoms with van der Waals surface area (Å²) in [5.74, 6) is 1.09. The number of aromatic nitrogens is 2. The van der Waals surface area contributed by atoms with E-state index in [4.69, 9.17) is 5.73 Å². The van der Waals surface area contributed by atoms with E-state index in [1.54, 1.807) is 10.6 Å². The second-order valence-electron chi connectivity index (χ2n) is 5.10. The first-order valence-corrected chi connectivity index (χ1v) is 7.63. The van der Waals surface area contributed by atoms with Crippen LogP contribution in [0, 0.1) is 16.0 Å². The molecule has 3 rings (SSSR count). The van der Waals surface area contributed by atoms with Crippen molar-refractivity contribution in [3.8, 4) is 0 Å². The Morgan fingerprint density at radius 2 is 2.45 bits per heavy atom. The molecule has 1 atom stereocenters. The van der Waals surface area contributed by atoms with Crippen LogP contribution in [0.2, 0.25) is 0 Å². The van der Waals surface area contributed by atoms with Crippen molar-refractivity contribution in [2.75, 3.05) is 24.5 Å². The summed E-state index contributed by atoms with van der Waals surface area (Å²) in [5, 5.41) is 13.2. The predicted octanol–water partition coefficient (Wildman–Crippen LogP) is 1.87. The van der Waals surface area contributed by atoms with Crippen LogP contribution in [0.1, 0.15) is 19.3 Å². The lowest BCUT2D eigenvalue weighted by molar-refractivity contribution is -0.389. The molecule has 8 heteroatoms. The van der Waals surface area contributed by atoms with Gasteiger partial charge in [-0.05, 0) is 36.6 Å². The molecule has 7 nitrogen and oxygen atoms in total. The van der Waals surface area contributed by atoms with Crippen molar-refractivity contribution >= 4 is 27.9 Å². The first-order valence-electron chi connectivity index (χ1n) is 6.75. The number of piperidine rings is 1. The van der Waals surface area contributed by atoms with E-state index in [1.807, 2.05) is 10.3 Å². The third-order valence-corrected chi connectivity index (χ3v) is 4.54. The van der Waals surface area contributed by atoms with Gasteiger partial charge in [-0.3, -0.25) is 0 Å². The van der Waals surface area contributed by atoms with Crippen molar-refractivity contribution in [3.05, 3.63) is 21.7 Å². The van der Waals surface area contributed by atoms with Gasteiger partial charge in [-0.25, -0.2) is 0 Å². The topological polar surface area (TPSA) is 89.7 Å². The van der Waals surface area contributed by atoms with Crippen molar-refractivity contribution < 1.29 is 4.92 Å². The van der Waals surface area contributed by atoms with E-state index in [9.17, 15) is 10.1 Å². The van der Waals surface area contributed by atoms with Crippen molar-refractivity contribution in [2.24, 2.45) is 11.7 Å². The summed E-state index contributed by atoms with van der Waals surface area (Å²) in [6.07, 6.45) is 4.85. The van der Waals surface area contributed by atoms with E-state index in [2.05, 4.69) is 4.98 Å². The lowest BCUT2D eigenvalue weighted by atomic mass is 9.95. The molecule has 0 amide bonds. The van der Waals surface area contributed by atoms with Crippen molar-refractivity contribution in [3.63, 3.8) is 0 Å². The highest BCUT2D eigenvalue weighted by molar-refractivity contribution is 7.15. The molecular weight excluding hydrogens is 278 g/mol. The molecule has 1 aliphatic rings. The lowest BCUT2D eigenvalue weighted by Gasteiger charge is -2.32. The van der Waals surface area contributed by atoms with E-state index in [-0.39, 0.29) is 10.7 Å². The van der Waals surface area contributed by atoms with Crippen molar-refractivity contribution in [1.82, 2.24) is 9.38 Å². The first-order chi connectivity index (χ1) is 9.70. The predicted molar refractivity (Wildman–Crippen MR) is 78.3 cm³/mol. The fraction of sp³-hybridized carbons (Fsp3) is 0.583. The molecule has 0 saturated carbocycles. The minimum Gasteiger partial charge on any atom is -0.358 e. The maximum Gasteiger partial charge on any atom is 0.373 e. The van der Waals surface area contributed by atoms with Gasteiger partial charge in [-0.2, -0.15) is 9.38 Å². The van der Waals surface area contributed by atoms with E-state index in [0.717, 1.165) is 32.4 Å². The molecule has 0 radical (unpaired) electrons. The fourth-order valence-electron chi connectivity index (χ4n) is 2.87. The average Bonchev–Trinajstić information content (AvgIpc) is 2.98. The molecule has 0 spiro atoms. The monoisotopic (exact) mass is 295 g/mol. The van der Waals surface area contributed by atoms with Gasteiger partial charge in [-0.15, -0.1) is 0 Å². The number of fused-ring (bicyclic) bond motifs is 1. The zero-order chi connectivity index (χ0) is 14.1. The summed E-state index contributed by atoms with van der Waals surface area (Å²) < 4.78 is 1.56. The van der Waals surface area contributed by atoms with Gasteiger partial charge in [0.15, 0.2) is 0 Å². The van der Waals surface area contributed by atoms with E-state index in [0.29, 0.717) is 23.2 Å². The maximum absolute atomic E-state index is 11.3. The Morgan fingerprint density at radius 3 is 3.20 bits per heavy atom. The number of hydrogen-bond acceptors (Lipinski definition) is 6. The molecule has 1 aliphatic heterocycles. The molecular formula is C12H17N5O2S. The third-order valence-electron chi connectivity index (χ3n) is 3.79. The lowest BCUT2D eigenvalue weighted by Crippen LogP contribution is -2.36. The number of imidazole rings is 1. The molecule has 20 heavy (non-hydrogen) atoms. The van der Waals surface area contributed by atoms with Gasteiger partial charge < -0.3 is 20.7 Å². The number of nitro groups is 1. The van der Waals surface area contributed by atoms with Crippen molar-refractivity contribution in [2.45, 2.75) is 19.3 Å². The van der Waals surface area contributed by atoms with Gasteiger partial charge in [-0.1, -0.05) is 11.3 Å². The van der Waals surface area contributed by atoms with Crippen LogP contribution in [0.3, 0.4) is 0 Å². The Labute approximate surface area is 120 Å². The van der Waals surface area contributed by atoms with Crippen LogP contribution in [0.5, 0.6) is 0 Å². The van der Waals surface area contributed by atoms with E-state index in [1.165, 1.54) is 11.3 Å². The van der Waals surface area contributed by atoms with Crippen LogP contribution in [0.25, 0.3) is 4.96 Å². The Kier molecular flexibility index (Phi) is 3.58. The van der Waals surface area contributed by atoms with E-state index >= 15 is 0 Å². The average molecular weight is 295 g/mol. The number of rotatable bonds is 4. The summed E-state index contributed by atoms with van der Waals surface area (Å²) in [6, 6.07) is 0. The Balaban J connectivity index is 1.94. The summed E-state index contributed by atoms with van der Waals surface area (Å²) in [6.45, 7) is 2.30. The SMILES string of the molecule is NCCC1CCCN(c2nc3sccn3c2[N+](=O)[O-])C1. The molecule has 1 fully saturated rings. The molecule has 2 aromatic rings. The zero-order valence-electron chi connectivity index (χ0n) is 11.1. The highest BCUT2D eigenvalue weighted by atomic mass is 32.1. The number of hydrogen-bond donors (Lipinski definition) is 1. The number of thiazole rings is 1.